The number of nitrogen functional groups attached to an aromatic ring is 1. The van der Waals surface area contributed by atoms with Crippen molar-refractivity contribution >= 4 is 29.5 Å². The van der Waals surface area contributed by atoms with E-state index >= 15 is 0 Å². The van der Waals surface area contributed by atoms with Crippen LogP contribution in [0.2, 0.25) is 0 Å². The van der Waals surface area contributed by atoms with Crippen molar-refractivity contribution in [2.45, 2.75) is 44.5 Å². The molecular formula is C34H31N3O9. The van der Waals surface area contributed by atoms with Gasteiger partial charge in [-0.15, -0.1) is 0 Å². The second kappa shape index (κ2) is 14.0. The topological polar surface area (TPSA) is 166 Å². The van der Waals surface area contributed by atoms with Gasteiger partial charge in [0.15, 0.2) is 30.3 Å². The van der Waals surface area contributed by atoms with Crippen LogP contribution in [0.3, 0.4) is 0 Å². The number of nitrogens with two attached hydrogens (primary N) is 1. The van der Waals surface area contributed by atoms with Crippen molar-refractivity contribution in [1.29, 1.82) is 0 Å². The first kappa shape index (κ1) is 31.8. The van der Waals surface area contributed by atoms with Gasteiger partial charge in [-0.2, -0.15) is 4.98 Å². The summed E-state index contributed by atoms with van der Waals surface area (Å²) in [6.07, 6.45) is -6.46. The fourth-order valence-corrected chi connectivity index (χ4v) is 4.92. The second-order valence-corrected chi connectivity index (χ2v) is 10.8. The molecule has 236 valence electrons. The van der Waals surface area contributed by atoms with Crippen LogP contribution in [-0.2, 0) is 23.7 Å². The molecule has 1 unspecified atom stereocenters. The Morgan fingerprint density at radius 2 is 1.22 bits per heavy atom. The maximum Gasteiger partial charge on any atom is 0.351 e. The van der Waals surface area contributed by atoms with Crippen molar-refractivity contribution in [1.82, 2.24) is 9.55 Å². The van der Waals surface area contributed by atoms with Crippen LogP contribution in [0.1, 0.15) is 51.1 Å². The van der Waals surface area contributed by atoms with E-state index in [1.165, 1.54) is 48.7 Å². The van der Waals surface area contributed by atoms with Gasteiger partial charge in [-0.3, -0.25) is 9.36 Å². The highest BCUT2D eigenvalue weighted by Crippen LogP contribution is 2.37. The smallest absolute Gasteiger partial charge is 0.351 e. The minimum Gasteiger partial charge on any atom is -0.452 e. The third-order valence-corrected chi connectivity index (χ3v) is 7.25. The van der Waals surface area contributed by atoms with Crippen LogP contribution >= 0.6 is 0 Å². The first-order chi connectivity index (χ1) is 22.1. The van der Waals surface area contributed by atoms with Crippen molar-refractivity contribution < 1.29 is 38.1 Å². The standard InChI is InChI=1S/C34H31N3O9/c1-20(2)25(38)26(44-31(39)21-12-6-3-7-13-21)27-28(45-32(40)22-14-8-4-9-15-22)29(46-33(41)23-16-10-5-11-17-23)30(43-27)37-19-18-24(35)36-34(37)42/h3-20,26-30H,1-2H3,(H2,35,36,42)/t26?,27-,28-,29-,30-/m1/s1. The van der Waals surface area contributed by atoms with E-state index < -0.39 is 65.9 Å². The number of hydrogen-bond donors (Lipinski definition) is 1. The van der Waals surface area contributed by atoms with Crippen LogP contribution < -0.4 is 11.4 Å². The fraction of sp³-hybridized carbons (Fsp3) is 0.235. The first-order valence-electron chi connectivity index (χ1n) is 14.5. The predicted molar refractivity (Wildman–Crippen MR) is 164 cm³/mol. The van der Waals surface area contributed by atoms with Gasteiger partial charge < -0.3 is 24.7 Å². The average Bonchev–Trinajstić information content (AvgIpc) is 3.40. The molecule has 4 aromatic rings. The minimum atomic E-state index is -1.65. The number of esters is 3. The van der Waals surface area contributed by atoms with Gasteiger partial charge in [0.2, 0.25) is 0 Å². The normalized spacial score (nSPS) is 19.6. The molecule has 0 amide bonds. The van der Waals surface area contributed by atoms with Crippen molar-refractivity contribution in [2.24, 2.45) is 5.92 Å². The van der Waals surface area contributed by atoms with E-state index in [0.29, 0.717) is 0 Å². The quantitative estimate of drug-likeness (QED) is 0.202. The maximum atomic E-state index is 13.7. The van der Waals surface area contributed by atoms with Gasteiger partial charge in [0, 0.05) is 12.1 Å². The van der Waals surface area contributed by atoms with E-state index in [-0.39, 0.29) is 22.5 Å². The molecule has 0 saturated carbocycles. The molecule has 0 bridgehead atoms. The van der Waals surface area contributed by atoms with Crippen molar-refractivity contribution in [3.63, 3.8) is 0 Å². The molecule has 1 fully saturated rings. The Morgan fingerprint density at radius 3 is 1.70 bits per heavy atom. The molecule has 2 N–H and O–H groups in total. The Kier molecular flexibility index (Phi) is 9.67. The number of carbonyl (C=O) groups excluding carboxylic acids is 4. The summed E-state index contributed by atoms with van der Waals surface area (Å²) >= 11 is 0. The van der Waals surface area contributed by atoms with Crippen LogP contribution in [-0.4, -0.2) is 57.7 Å². The molecule has 2 heterocycles. The summed E-state index contributed by atoms with van der Waals surface area (Å²) in [5, 5.41) is 0. The number of Topliss-reactive ketones (excluding diaryl/α,β-unsaturated/α-hetero) is 1. The summed E-state index contributed by atoms with van der Waals surface area (Å²) in [5.41, 5.74) is 5.31. The molecule has 46 heavy (non-hydrogen) atoms. The van der Waals surface area contributed by atoms with Gasteiger partial charge in [0.05, 0.1) is 16.7 Å². The lowest BCUT2D eigenvalue weighted by molar-refractivity contribution is -0.146. The summed E-state index contributed by atoms with van der Waals surface area (Å²) in [6, 6.07) is 25.3. The van der Waals surface area contributed by atoms with Crippen LogP contribution in [0.25, 0.3) is 0 Å². The lowest BCUT2D eigenvalue weighted by atomic mass is 9.95. The monoisotopic (exact) mass is 625 g/mol. The lowest BCUT2D eigenvalue weighted by Gasteiger charge is -2.28. The number of nitrogens with zero attached hydrogens (tertiary/aromatic N) is 2. The van der Waals surface area contributed by atoms with Crippen LogP contribution in [0.5, 0.6) is 0 Å². The Balaban J connectivity index is 1.62. The molecular weight excluding hydrogens is 594 g/mol. The van der Waals surface area contributed by atoms with E-state index in [4.69, 9.17) is 24.7 Å². The van der Waals surface area contributed by atoms with Crippen molar-refractivity contribution in [3.8, 4) is 0 Å². The zero-order valence-electron chi connectivity index (χ0n) is 24.9. The van der Waals surface area contributed by atoms with Gasteiger partial charge in [-0.05, 0) is 42.5 Å². The molecule has 1 aliphatic heterocycles. The number of anilines is 1. The molecule has 1 aliphatic rings. The summed E-state index contributed by atoms with van der Waals surface area (Å²) in [5.74, 6) is -3.83. The lowest BCUT2D eigenvalue weighted by Crippen LogP contribution is -2.49. The van der Waals surface area contributed by atoms with Crippen molar-refractivity contribution in [3.05, 3.63) is 130 Å². The SMILES string of the molecule is CC(C)C(=O)C(OC(=O)c1ccccc1)[C@H]1O[C@@H](n2ccc(N)nc2=O)[C@H](OC(=O)c2ccccc2)[C@@H]1OC(=O)c1ccccc1. The Hall–Kier alpha value is -5.62. The highest BCUT2D eigenvalue weighted by atomic mass is 16.7. The number of ether oxygens (including phenoxy) is 4. The van der Waals surface area contributed by atoms with Gasteiger partial charge >= 0.3 is 23.6 Å². The summed E-state index contributed by atoms with van der Waals surface area (Å²) in [6.45, 7) is 3.20. The van der Waals surface area contributed by atoms with E-state index in [2.05, 4.69) is 4.98 Å². The fourth-order valence-electron chi connectivity index (χ4n) is 4.92. The minimum absolute atomic E-state index is 0.0784. The summed E-state index contributed by atoms with van der Waals surface area (Å²) in [7, 11) is 0. The van der Waals surface area contributed by atoms with E-state index in [0.717, 1.165) is 4.57 Å². The molecule has 1 saturated heterocycles. The molecule has 0 radical (unpaired) electrons. The van der Waals surface area contributed by atoms with Crippen LogP contribution in [0.15, 0.2) is 108 Å². The van der Waals surface area contributed by atoms with Crippen LogP contribution in [0, 0.1) is 5.92 Å². The summed E-state index contributed by atoms with van der Waals surface area (Å²) < 4.78 is 24.9. The highest BCUT2D eigenvalue weighted by Gasteiger charge is 2.56. The largest absolute Gasteiger partial charge is 0.452 e. The number of rotatable bonds is 10. The number of benzene rings is 3. The zero-order chi connectivity index (χ0) is 32.8. The third kappa shape index (κ3) is 7.02. The van der Waals surface area contributed by atoms with E-state index in [9.17, 15) is 24.0 Å². The molecule has 0 aliphatic carbocycles. The summed E-state index contributed by atoms with van der Waals surface area (Å²) in [4.78, 5) is 70.6. The van der Waals surface area contributed by atoms with Crippen molar-refractivity contribution in [2.75, 3.05) is 5.73 Å². The van der Waals surface area contributed by atoms with E-state index in [1.54, 1.807) is 68.4 Å². The Morgan fingerprint density at radius 1 is 0.739 bits per heavy atom. The molecule has 5 atom stereocenters. The predicted octanol–water partition coefficient (Wildman–Crippen LogP) is 3.62. The second-order valence-electron chi connectivity index (χ2n) is 10.8. The number of ketones is 1. The molecule has 3 aromatic carbocycles. The zero-order valence-corrected chi connectivity index (χ0v) is 24.9. The molecule has 1 aromatic heterocycles. The van der Waals surface area contributed by atoms with Gasteiger partial charge in [-0.25, -0.2) is 19.2 Å². The molecule has 0 spiro atoms. The van der Waals surface area contributed by atoms with E-state index in [1.807, 2.05) is 0 Å². The molecule has 5 rings (SSSR count). The third-order valence-electron chi connectivity index (χ3n) is 7.25. The van der Waals surface area contributed by atoms with Gasteiger partial charge in [-0.1, -0.05) is 68.4 Å². The maximum absolute atomic E-state index is 13.7. The van der Waals surface area contributed by atoms with Gasteiger partial charge in [0.25, 0.3) is 0 Å². The first-order valence-corrected chi connectivity index (χ1v) is 14.5. The molecule has 12 heteroatoms. The Bertz CT molecular complexity index is 1760. The van der Waals surface area contributed by atoms with Crippen LogP contribution in [0.4, 0.5) is 5.82 Å². The Labute approximate surface area is 263 Å². The highest BCUT2D eigenvalue weighted by molar-refractivity contribution is 5.94. The van der Waals surface area contributed by atoms with Gasteiger partial charge in [0.1, 0.15) is 11.9 Å². The average molecular weight is 626 g/mol. The molecule has 12 nitrogen and oxygen atoms in total. The number of aromatic nitrogens is 2. The number of hydrogen-bond acceptors (Lipinski definition) is 11. The number of carbonyl (C=O) groups is 4.